The molecule has 2 aromatic rings. The van der Waals surface area contributed by atoms with E-state index in [0.717, 1.165) is 22.4 Å². The summed E-state index contributed by atoms with van der Waals surface area (Å²) in [6.45, 7) is 1.81. The molecule has 1 aromatic carbocycles. The van der Waals surface area contributed by atoms with Crippen LogP contribution in [-0.2, 0) is 7.05 Å². The van der Waals surface area contributed by atoms with Gasteiger partial charge in [-0.05, 0) is 24.6 Å². The molecular formula is C11H14ClN3O. The van der Waals surface area contributed by atoms with E-state index < -0.39 is 6.04 Å². The average molecular weight is 240 g/mol. The molecule has 0 aliphatic heterocycles. The first-order valence-corrected chi connectivity index (χ1v) is 5.41. The minimum absolute atomic E-state index is 0.123. The number of aliphatic hydroxyl groups excluding tert-OH is 1. The van der Waals surface area contributed by atoms with Crippen molar-refractivity contribution in [3.63, 3.8) is 0 Å². The van der Waals surface area contributed by atoms with Gasteiger partial charge in [0.05, 0.1) is 23.7 Å². The topological polar surface area (TPSA) is 64.1 Å². The molecule has 4 nitrogen and oxygen atoms in total. The molecule has 3 N–H and O–H groups in total. The molecule has 5 heteroatoms. The number of halogens is 1. The molecule has 1 heterocycles. The third kappa shape index (κ3) is 1.69. The van der Waals surface area contributed by atoms with Crippen LogP contribution >= 0.6 is 11.6 Å². The van der Waals surface area contributed by atoms with Gasteiger partial charge in [-0.15, -0.1) is 0 Å². The molecule has 0 aliphatic carbocycles. The Morgan fingerprint density at radius 2 is 2.25 bits per heavy atom. The molecule has 16 heavy (non-hydrogen) atoms. The van der Waals surface area contributed by atoms with Gasteiger partial charge in [0.25, 0.3) is 0 Å². The third-order valence-electron chi connectivity index (χ3n) is 2.82. The highest BCUT2D eigenvalue weighted by molar-refractivity contribution is 6.32. The van der Waals surface area contributed by atoms with Crippen molar-refractivity contribution >= 4 is 22.6 Å². The molecule has 1 unspecified atom stereocenters. The largest absolute Gasteiger partial charge is 0.394 e. The summed E-state index contributed by atoms with van der Waals surface area (Å²) in [5.74, 6) is 0.917. The number of fused-ring (bicyclic) bond motifs is 1. The number of rotatable bonds is 2. The molecule has 1 aromatic heterocycles. The highest BCUT2D eigenvalue weighted by Crippen LogP contribution is 2.27. The van der Waals surface area contributed by atoms with Crippen LogP contribution in [0.25, 0.3) is 11.0 Å². The second-order valence-corrected chi connectivity index (χ2v) is 4.28. The molecular weight excluding hydrogens is 226 g/mol. The smallest absolute Gasteiger partial charge is 0.106 e. The highest BCUT2D eigenvalue weighted by atomic mass is 35.5. The monoisotopic (exact) mass is 239 g/mol. The van der Waals surface area contributed by atoms with Crippen molar-refractivity contribution in [2.75, 3.05) is 6.61 Å². The summed E-state index contributed by atoms with van der Waals surface area (Å²) >= 11 is 6.10. The molecule has 0 fully saturated rings. The van der Waals surface area contributed by atoms with E-state index in [1.165, 1.54) is 0 Å². The molecule has 0 saturated carbocycles. The van der Waals surface area contributed by atoms with Gasteiger partial charge < -0.3 is 15.4 Å². The zero-order valence-corrected chi connectivity index (χ0v) is 9.99. The minimum atomic E-state index is -0.452. The number of nitrogens with zero attached hydrogens (tertiary/aromatic N) is 2. The van der Waals surface area contributed by atoms with Crippen LogP contribution in [0.4, 0.5) is 0 Å². The van der Waals surface area contributed by atoms with E-state index >= 15 is 0 Å². The number of aromatic nitrogens is 2. The van der Waals surface area contributed by atoms with E-state index in [1.807, 2.05) is 24.6 Å². The summed E-state index contributed by atoms with van der Waals surface area (Å²) in [5, 5.41) is 9.60. The number of hydrogen-bond donors (Lipinski definition) is 2. The fraction of sp³-hybridized carbons (Fsp3) is 0.364. The van der Waals surface area contributed by atoms with Crippen molar-refractivity contribution in [2.24, 2.45) is 12.8 Å². The molecule has 1 atom stereocenters. The van der Waals surface area contributed by atoms with E-state index in [4.69, 9.17) is 22.4 Å². The minimum Gasteiger partial charge on any atom is -0.394 e. The van der Waals surface area contributed by atoms with Crippen LogP contribution < -0.4 is 5.73 Å². The maximum Gasteiger partial charge on any atom is 0.106 e. The van der Waals surface area contributed by atoms with Crippen LogP contribution in [0, 0.1) is 6.92 Å². The van der Waals surface area contributed by atoms with Gasteiger partial charge in [0.2, 0.25) is 0 Å². The average Bonchev–Trinajstić information content (AvgIpc) is 2.52. The van der Waals surface area contributed by atoms with E-state index in [9.17, 15) is 0 Å². The van der Waals surface area contributed by atoms with Crippen LogP contribution in [0.3, 0.4) is 0 Å². The number of nitrogens with two attached hydrogens (primary N) is 1. The first-order valence-electron chi connectivity index (χ1n) is 5.03. The van der Waals surface area contributed by atoms with Crippen molar-refractivity contribution in [3.05, 3.63) is 28.5 Å². The summed E-state index contributed by atoms with van der Waals surface area (Å²) < 4.78 is 1.97. The Morgan fingerprint density at radius 3 is 2.88 bits per heavy atom. The number of benzene rings is 1. The maximum atomic E-state index is 9.05. The second-order valence-electron chi connectivity index (χ2n) is 3.87. The molecule has 0 radical (unpaired) electrons. The lowest BCUT2D eigenvalue weighted by Crippen LogP contribution is -2.15. The Kier molecular flexibility index (Phi) is 2.88. The van der Waals surface area contributed by atoms with Crippen molar-refractivity contribution in [1.82, 2.24) is 9.55 Å². The van der Waals surface area contributed by atoms with Crippen LogP contribution in [0.5, 0.6) is 0 Å². The van der Waals surface area contributed by atoms with Gasteiger partial charge in [0.15, 0.2) is 0 Å². The Hall–Kier alpha value is -1.10. The van der Waals surface area contributed by atoms with E-state index in [0.29, 0.717) is 5.02 Å². The summed E-state index contributed by atoms with van der Waals surface area (Å²) in [7, 11) is 1.94. The van der Waals surface area contributed by atoms with Gasteiger partial charge in [-0.3, -0.25) is 0 Å². The third-order valence-corrected chi connectivity index (χ3v) is 3.15. The van der Waals surface area contributed by atoms with Gasteiger partial charge >= 0.3 is 0 Å². The Morgan fingerprint density at radius 1 is 1.56 bits per heavy atom. The molecule has 2 rings (SSSR count). The number of hydrogen-bond acceptors (Lipinski definition) is 3. The normalized spacial score (nSPS) is 13.3. The summed E-state index contributed by atoms with van der Waals surface area (Å²) in [5.41, 5.74) is 8.35. The lowest BCUT2D eigenvalue weighted by atomic mass is 10.1. The molecule has 0 aliphatic rings. The number of imidazole rings is 1. The quantitative estimate of drug-likeness (QED) is 0.835. The molecule has 0 bridgehead atoms. The van der Waals surface area contributed by atoms with E-state index in [-0.39, 0.29) is 6.61 Å². The van der Waals surface area contributed by atoms with Crippen LogP contribution in [0.1, 0.15) is 17.4 Å². The Balaban J connectivity index is 2.69. The van der Waals surface area contributed by atoms with Gasteiger partial charge in [-0.25, -0.2) is 4.98 Å². The van der Waals surface area contributed by atoms with Crippen LogP contribution in [0.2, 0.25) is 5.02 Å². The standard InChI is InChI=1S/C11H14ClN3O/c1-6-14-10-4-8(12)7(9(13)5-16)3-11(10)15(6)2/h3-4,9,16H,5,13H2,1-2H3. The van der Waals surface area contributed by atoms with Crippen LogP contribution in [-0.4, -0.2) is 21.3 Å². The van der Waals surface area contributed by atoms with Gasteiger partial charge in [0, 0.05) is 12.1 Å². The first-order chi connectivity index (χ1) is 7.54. The van der Waals surface area contributed by atoms with Crippen molar-refractivity contribution < 1.29 is 5.11 Å². The van der Waals surface area contributed by atoms with Crippen molar-refractivity contribution in [1.29, 1.82) is 0 Å². The highest BCUT2D eigenvalue weighted by Gasteiger charge is 2.13. The van der Waals surface area contributed by atoms with Crippen LogP contribution in [0.15, 0.2) is 12.1 Å². The summed E-state index contributed by atoms with van der Waals surface area (Å²) in [6.07, 6.45) is 0. The fourth-order valence-electron chi connectivity index (χ4n) is 1.73. The predicted molar refractivity (Wildman–Crippen MR) is 64.5 cm³/mol. The maximum absolute atomic E-state index is 9.05. The Labute approximate surface area is 98.6 Å². The summed E-state index contributed by atoms with van der Waals surface area (Å²) in [4.78, 5) is 4.37. The molecule has 0 spiro atoms. The van der Waals surface area contributed by atoms with E-state index in [2.05, 4.69) is 4.98 Å². The molecule has 0 saturated heterocycles. The fourth-order valence-corrected chi connectivity index (χ4v) is 2.03. The Bertz CT molecular complexity index is 535. The second kappa shape index (κ2) is 4.05. The van der Waals surface area contributed by atoms with Crippen molar-refractivity contribution in [3.8, 4) is 0 Å². The van der Waals surface area contributed by atoms with Gasteiger partial charge in [-0.2, -0.15) is 0 Å². The van der Waals surface area contributed by atoms with Gasteiger partial charge in [-0.1, -0.05) is 11.6 Å². The molecule has 86 valence electrons. The lowest BCUT2D eigenvalue weighted by Gasteiger charge is -2.11. The zero-order valence-electron chi connectivity index (χ0n) is 9.24. The van der Waals surface area contributed by atoms with E-state index in [1.54, 1.807) is 6.07 Å². The number of aryl methyl sites for hydroxylation is 2. The zero-order chi connectivity index (χ0) is 11.9. The molecule has 0 amide bonds. The predicted octanol–water partition coefficient (Wildman–Crippen LogP) is 1.53. The summed E-state index contributed by atoms with van der Waals surface area (Å²) in [6, 6.07) is 3.22. The number of aliphatic hydroxyl groups is 1. The lowest BCUT2D eigenvalue weighted by molar-refractivity contribution is 0.268. The van der Waals surface area contributed by atoms with Crippen molar-refractivity contribution in [2.45, 2.75) is 13.0 Å². The first kappa shape index (κ1) is 11.4. The SMILES string of the molecule is Cc1nc2cc(Cl)c(C(N)CO)cc2n1C. The van der Waals surface area contributed by atoms with Gasteiger partial charge in [0.1, 0.15) is 5.82 Å².